The lowest BCUT2D eigenvalue weighted by molar-refractivity contribution is -0.140. The second-order valence-corrected chi connectivity index (χ2v) is 8.64. The Kier molecular flexibility index (Phi) is 6.98. The van der Waals surface area contributed by atoms with Gasteiger partial charge in [-0.1, -0.05) is 18.2 Å². The minimum absolute atomic E-state index is 0.184. The van der Waals surface area contributed by atoms with Gasteiger partial charge in [0, 0.05) is 18.7 Å². The van der Waals surface area contributed by atoms with Crippen molar-refractivity contribution in [2.24, 2.45) is 11.8 Å². The smallest absolute Gasteiger partial charge is 0.307 e. The molecule has 0 radical (unpaired) electrons. The lowest BCUT2D eigenvalue weighted by Gasteiger charge is -2.34. The van der Waals surface area contributed by atoms with E-state index in [1.54, 1.807) is 42.5 Å². The third kappa shape index (κ3) is 5.41. The number of nitrogens with zero attached hydrogens (tertiary/aromatic N) is 2. The third-order valence-electron chi connectivity index (χ3n) is 6.26. The van der Waals surface area contributed by atoms with Gasteiger partial charge in [-0.25, -0.2) is 4.39 Å². The summed E-state index contributed by atoms with van der Waals surface area (Å²) in [6, 6.07) is 13.9. The molecule has 1 aliphatic carbocycles. The molecule has 0 unspecified atom stereocenters. The van der Waals surface area contributed by atoms with Crippen LogP contribution in [-0.4, -0.2) is 64.9 Å². The van der Waals surface area contributed by atoms with Crippen molar-refractivity contribution in [1.82, 2.24) is 4.90 Å². The van der Waals surface area contributed by atoms with E-state index in [4.69, 9.17) is 14.9 Å². The predicted octanol–water partition coefficient (Wildman–Crippen LogP) is 2.19. The molecule has 0 bridgehead atoms. The standard InChI is InChI=1S/C25H24FN3O6/c26-20-12-29(23(31)13-30)7-6-22(20)35-21-5-4-15(8-16(21)11-27)14-2-1-3-17(9-14)28-24(32)18-10-19(18)25(33)34/h1-5,8-9,18-20,22,30H,6-7,10,12-13H2,(H,28,32)(H,33,34)/t18-,19+,20-,22+/m1/s1. The molecule has 2 amide bonds. The van der Waals surface area contributed by atoms with Crippen molar-refractivity contribution >= 4 is 23.5 Å². The molecule has 2 fully saturated rings. The molecule has 182 valence electrons. The zero-order chi connectivity index (χ0) is 25.1. The number of piperidine rings is 1. The summed E-state index contributed by atoms with van der Waals surface area (Å²) < 4.78 is 20.4. The lowest BCUT2D eigenvalue weighted by Crippen LogP contribution is -2.50. The summed E-state index contributed by atoms with van der Waals surface area (Å²) in [4.78, 5) is 36.1. The molecule has 3 N–H and O–H groups in total. The Morgan fingerprint density at radius 2 is 1.94 bits per heavy atom. The minimum Gasteiger partial charge on any atom is -0.486 e. The van der Waals surface area contributed by atoms with E-state index in [0.717, 1.165) is 5.56 Å². The maximum atomic E-state index is 14.6. The molecular weight excluding hydrogens is 457 g/mol. The molecular formula is C25H24FN3O6. The van der Waals surface area contributed by atoms with E-state index in [0.29, 0.717) is 17.7 Å². The summed E-state index contributed by atoms with van der Waals surface area (Å²) in [6.45, 7) is -0.611. The molecule has 2 aromatic rings. The number of aliphatic carboxylic acids is 1. The van der Waals surface area contributed by atoms with E-state index in [1.165, 1.54) is 4.90 Å². The number of nitriles is 1. The average molecular weight is 481 g/mol. The largest absolute Gasteiger partial charge is 0.486 e. The number of carbonyl (C=O) groups is 3. The van der Waals surface area contributed by atoms with Crippen LogP contribution in [0.15, 0.2) is 42.5 Å². The first-order valence-corrected chi connectivity index (χ1v) is 11.2. The number of aliphatic hydroxyl groups is 1. The molecule has 10 heteroatoms. The molecule has 35 heavy (non-hydrogen) atoms. The van der Waals surface area contributed by atoms with Crippen molar-refractivity contribution in [3.05, 3.63) is 48.0 Å². The highest BCUT2D eigenvalue weighted by Gasteiger charge is 2.48. The number of nitrogens with one attached hydrogen (secondary N) is 1. The summed E-state index contributed by atoms with van der Waals surface area (Å²) in [7, 11) is 0. The molecule has 4 atom stereocenters. The normalized spacial score (nSPS) is 23.2. The molecule has 2 aromatic carbocycles. The highest BCUT2D eigenvalue weighted by molar-refractivity contribution is 5.98. The van der Waals surface area contributed by atoms with E-state index in [9.17, 15) is 24.0 Å². The van der Waals surface area contributed by atoms with Gasteiger partial charge in [0.1, 0.15) is 24.5 Å². The van der Waals surface area contributed by atoms with Gasteiger partial charge < -0.3 is 25.2 Å². The first-order valence-electron chi connectivity index (χ1n) is 11.2. The number of benzene rings is 2. The number of halogens is 1. The molecule has 0 spiro atoms. The number of alkyl halides is 1. The van der Waals surface area contributed by atoms with Crippen molar-refractivity contribution in [2.75, 3.05) is 25.0 Å². The lowest BCUT2D eigenvalue weighted by atomic mass is 10.0. The van der Waals surface area contributed by atoms with E-state index in [-0.39, 0.29) is 36.7 Å². The zero-order valence-electron chi connectivity index (χ0n) is 18.7. The molecule has 4 rings (SSSR count). The van der Waals surface area contributed by atoms with Gasteiger partial charge in [0.05, 0.1) is 23.9 Å². The fourth-order valence-electron chi connectivity index (χ4n) is 4.17. The quantitative estimate of drug-likeness (QED) is 0.551. The van der Waals surface area contributed by atoms with Crippen molar-refractivity contribution in [3.63, 3.8) is 0 Å². The van der Waals surface area contributed by atoms with Gasteiger partial charge in [0.15, 0.2) is 6.17 Å². The van der Waals surface area contributed by atoms with Crippen LogP contribution in [0.1, 0.15) is 18.4 Å². The van der Waals surface area contributed by atoms with E-state index >= 15 is 0 Å². The fraction of sp³-hybridized carbons (Fsp3) is 0.360. The summed E-state index contributed by atoms with van der Waals surface area (Å²) in [6.07, 6.45) is -1.74. The predicted molar refractivity (Wildman–Crippen MR) is 122 cm³/mol. The summed E-state index contributed by atoms with van der Waals surface area (Å²) in [5.41, 5.74) is 2.11. The Balaban J connectivity index is 1.45. The number of ether oxygens (including phenoxy) is 1. The van der Waals surface area contributed by atoms with Crippen LogP contribution in [0.5, 0.6) is 5.75 Å². The fourth-order valence-corrected chi connectivity index (χ4v) is 4.17. The van der Waals surface area contributed by atoms with Crippen LogP contribution in [0.3, 0.4) is 0 Å². The Labute approximate surface area is 200 Å². The van der Waals surface area contributed by atoms with Crippen LogP contribution in [0.4, 0.5) is 10.1 Å². The van der Waals surface area contributed by atoms with Crippen molar-refractivity contribution in [2.45, 2.75) is 25.1 Å². The van der Waals surface area contributed by atoms with Crippen molar-refractivity contribution in [3.8, 4) is 22.9 Å². The first-order chi connectivity index (χ1) is 16.8. The number of aliphatic hydroxyl groups excluding tert-OH is 1. The number of carboxylic acids is 1. The molecule has 0 aromatic heterocycles. The number of carboxylic acid groups (broad SMARTS) is 1. The minimum atomic E-state index is -1.46. The number of anilines is 1. The van der Waals surface area contributed by atoms with E-state index in [1.807, 2.05) is 0 Å². The highest BCUT2D eigenvalue weighted by atomic mass is 19.1. The second kappa shape index (κ2) is 10.1. The van der Waals surface area contributed by atoms with E-state index < -0.39 is 42.6 Å². The van der Waals surface area contributed by atoms with Crippen LogP contribution in [0.2, 0.25) is 0 Å². The van der Waals surface area contributed by atoms with Crippen LogP contribution in [-0.2, 0) is 14.4 Å². The van der Waals surface area contributed by atoms with Gasteiger partial charge >= 0.3 is 5.97 Å². The highest BCUT2D eigenvalue weighted by Crippen LogP contribution is 2.39. The van der Waals surface area contributed by atoms with Gasteiger partial charge in [-0.05, 0) is 41.8 Å². The van der Waals surface area contributed by atoms with Gasteiger partial charge in [-0.3, -0.25) is 14.4 Å². The number of hydrogen-bond acceptors (Lipinski definition) is 6. The van der Waals surface area contributed by atoms with Gasteiger partial charge in [0.2, 0.25) is 11.8 Å². The van der Waals surface area contributed by atoms with Crippen LogP contribution >= 0.6 is 0 Å². The number of rotatable bonds is 7. The van der Waals surface area contributed by atoms with Crippen molar-refractivity contribution in [1.29, 1.82) is 5.26 Å². The van der Waals surface area contributed by atoms with Crippen LogP contribution < -0.4 is 10.1 Å². The molecule has 1 heterocycles. The Morgan fingerprint density at radius 1 is 1.17 bits per heavy atom. The van der Waals surface area contributed by atoms with E-state index in [2.05, 4.69) is 11.4 Å². The molecule has 9 nitrogen and oxygen atoms in total. The Hall–Kier alpha value is -3.97. The number of likely N-dealkylation sites (tertiary alicyclic amines) is 1. The monoisotopic (exact) mass is 481 g/mol. The Morgan fingerprint density at radius 3 is 2.60 bits per heavy atom. The van der Waals surface area contributed by atoms with Gasteiger partial charge in [0.25, 0.3) is 0 Å². The average Bonchev–Trinajstić information content (AvgIpc) is 3.67. The number of hydrogen-bond donors (Lipinski definition) is 3. The topological polar surface area (TPSA) is 140 Å². The first kappa shape index (κ1) is 24.2. The maximum absolute atomic E-state index is 14.6. The summed E-state index contributed by atoms with van der Waals surface area (Å²) >= 11 is 0. The number of carbonyl (C=O) groups excluding carboxylic acids is 2. The molecule has 1 aliphatic heterocycles. The summed E-state index contributed by atoms with van der Waals surface area (Å²) in [5, 5.41) is 30.3. The van der Waals surface area contributed by atoms with Gasteiger partial charge in [-0.2, -0.15) is 5.26 Å². The second-order valence-electron chi connectivity index (χ2n) is 8.64. The molecule has 2 aliphatic rings. The van der Waals surface area contributed by atoms with Crippen LogP contribution in [0.25, 0.3) is 11.1 Å². The SMILES string of the molecule is N#Cc1cc(-c2cccc(NC(=O)[C@@H]3C[C@@H]3C(=O)O)c2)ccc1O[C@H]1CCN(C(=O)CO)C[C@H]1F. The Bertz CT molecular complexity index is 1200. The zero-order valence-corrected chi connectivity index (χ0v) is 18.7. The molecule has 1 saturated carbocycles. The van der Waals surface area contributed by atoms with Crippen molar-refractivity contribution < 1.29 is 33.7 Å². The van der Waals surface area contributed by atoms with Gasteiger partial charge in [-0.15, -0.1) is 0 Å². The van der Waals surface area contributed by atoms with Crippen LogP contribution in [0, 0.1) is 23.2 Å². The summed E-state index contributed by atoms with van der Waals surface area (Å²) in [5.74, 6) is -2.81. The maximum Gasteiger partial charge on any atom is 0.307 e. The number of amides is 2. The molecule has 1 saturated heterocycles. The third-order valence-corrected chi connectivity index (χ3v) is 6.26.